The molecule has 0 saturated carbocycles. The van der Waals surface area contributed by atoms with Crippen LogP contribution in [0.1, 0.15) is 36.9 Å². The molecule has 2 atom stereocenters. The molecule has 1 amide bonds. The van der Waals surface area contributed by atoms with E-state index in [0.717, 1.165) is 17.5 Å². The van der Waals surface area contributed by atoms with Crippen LogP contribution in [0, 0.1) is 12.7 Å². The molecule has 1 aromatic rings. The Bertz CT molecular complexity index is 461. The summed E-state index contributed by atoms with van der Waals surface area (Å²) in [6.45, 7) is 4.62. The van der Waals surface area contributed by atoms with Gasteiger partial charge < -0.3 is 10.6 Å². The number of amides is 1. The molecule has 4 heteroatoms. The summed E-state index contributed by atoms with van der Waals surface area (Å²) in [4.78, 5) is 13.7. The molecule has 1 saturated heterocycles. The van der Waals surface area contributed by atoms with E-state index in [2.05, 4.69) is 0 Å². The van der Waals surface area contributed by atoms with E-state index in [9.17, 15) is 9.18 Å². The Morgan fingerprint density at radius 2 is 2.22 bits per heavy atom. The van der Waals surface area contributed by atoms with Gasteiger partial charge in [0.15, 0.2) is 0 Å². The van der Waals surface area contributed by atoms with Crippen molar-refractivity contribution in [2.24, 2.45) is 5.73 Å². The van der Waals surface area contributed by atoms with Gasteiger partial charge in [0, 0.05) is 19.0 Å². The Morgan fingerprint density at radius 3 is 2.89 bits per heavy atom. The Hall–Kier alpha value is -1.42. The van der Waals surface area contributed by atoms with Crippen LogP contribution in [0.25, 0.3) is 0 Å². The van der Waals surface area contributed by atoms with Gasteiger partial charge in [0.25, 0.3) is 0 Å². The van der Waals surface area contributed by atoms with Gasteiger partial charge in [0.1, 0.15) is 5.82 Å². The van der Waals surface area contributed by atoms with E-state index < -0.39 is 0 Å². The van der Waals surface area contributed by atoms with Crippen molar-refractivity contribution in [3.05, 3.63) is 35.1 Å². The standard InChI is InChI=1S/C14H19FN2O/c1-3-6-17-13(18)8-12(16)14(17)11-7-10(15)5-4-9(11)2/h4-5,7,12,14H,3,6,8,16H2,1-2H3. The number of aryl methyl sites for hydroxylation is 1. The molecule has 0 aliphatic carbocycles. The lowest BCUT2D eigenvalue weighted by molar-refractivity contribution is -0.129. The highest BCUT2D eigenvalue weighted by Crippen LogP contribution is 2.34. The van der Waals surface area contributed by atoms with Gasteiger partial charge in [-0.3, -0.25) is 4.79 Å². The van der Waals surface area contributed by atoms with Crippen molar-refractivity contribution in [2.75, 3.05) is 6.54 Å². The van der Waals surface area contributed by atoms with E-state index >= 15 is 0 Å². The van der Waals surface area contributed by atoms with Crippen molar-refractivity contribution in [1.29, 1.82) is 0 Å². The van der Waals surface area contributed by atoms with Crippen LogP contribution in [0.3, 0.4) is 0 Å². The fourth-order valence-corrected chi connectivity index (χ4v) is 2.65. The molecule has 1 heterocycles. The summed E-state index contributed by atoms with van der Waals surface area (Å²) in [5.74, 6) is -0.211. The molecule has 1 fully saturated rings. The number of benzene rings is 1. The van der Waals surface area contributed by atoms with Crippen LogP contribution in [0.15, 0.2) is 18.2 Å². The first kappa shape index (κ1) is 13.0. The van der Waals surface area contributed by atoms with Gasteiger partial charge in [-0.25, -0.2) is 4.39 Å². The molecule has 1 aromatic carbocycles. The molecule has 98 valence electrons. The molecule has 0 bridgehead atoms. The number of nitrogens with zero attached hydrogens (tertiary/aromatic N) is 1. The monoisotopic (exact) mass is 250 g/mol. The van der Waals surface area contributed by atoms with Crippen molar-refractivity contribution in [2.45, 2.75) is 38.8 Å². The molecule has 2 unspecified atom stereocenters. The number of likely N-dealkylation sites (tertiary alicyclic amines) is 1. The molecule has 2 rings (SSSR count). The maximum absolute atomic E-state index is 13.4. The van der Waals surface area contributed by atoms with Crippen LogP contribution < -0.4 is 5.73 Å². The fourth-order valence-electron chi connectivity index (χ4n) is 2.65. The average Bonchev–Trinajstić information content (AvgIpc) is 2.58. The van der Waals surface area contributed by atoms with Crippen LogP contribution in [-0.2, 0) is 4.79 Å². The SMILES string of the molecule is CCCN1C(=O)CC(N)C1c1cc(F)ccc1C. The minimum Gasteiger partial charge on any atom is -0.334 e. The predicted octanol–water partition coefficient (Wildman–Crippen LogP) is 2.14. The van der Waals surface area contributed by atoms with Crippen LogP contribution in [0.4, 0.5) is 4.39 Å². The lowest BCUT2D eigenvalue weighted by Crippen LogP contribution is -2.34. The van der Waals surface area contributed by atoms with Gasteiger partial charge in [-0.05, 0) is 36.6 Å². The minimum atomic E-state index is -0.279. The smallest absolute Gasteiger partial charge is 0.224 e. The van der Waals surface area contributed by atoms with Crippen LogP contribution in [-0.4, -0.2) is 23.4 Å². The molecule has 0 aromatic heterocycles. The first-order valence-corrected chi connectivity index (χ1v) is 6.35. The topological polar surface area (TPSA) is 46.3 Å². The molecular weight excluding hydrogens is 231 g/mol. The van der Waals surface area contributed by atoms with E-state index in [1.54, 1.807) is 11.0 Å². The van der Waals surface area contributed by atoms with Gasteiger partial charge >= 0.3 is 0 Å². The Kier molecular flexibility index (Phi) is 3.66. The summed E-state index contributed by atoms with van der Waals surface area (Å²) in [6.07, 6.45) is 1.23. The molecule has 2 N–H and O–H groups in total. The quantitative estimate of drug-likeness (QED) is 0.893. The highest BCUT2D eigenvalue weighted by Gasteiger charge is 2.38. The number of rotatable bonds is 3. The van der Waals surface area contributed by atoms with Gasteiger partial charge in [0.2, 0.25) is 5.91 Å². The molecule has 3 nitrogen and oxygen atoms in total. The Labute approximate surface area is 107 Å². The molecule has 1 aliphatic rings. The second-order valence-electron chi connectivity index (χ2n) is 4.90. The maximum atomic E-state index is 13.4. The number of hydrogen-bond acceptors (Lipinski definition) is 2. The summed E-state index contributed by atoms with van der Waals surface area (Å²) < 4.78 is 13.4. The first-order chi connectivity index (χ1) is 8.54. The molecule has 1 aliphatic heterocycles. The second-order valence-corrected chi connectivity index (χ2v) is 4.90. The maximum Gasteiger partial charge on any atom is 0.224 e. The molecular formula is C14H19FN2O. The Morgan fingerprint density at radius 1 is 1.50 bits per heavy atom. The third kappa shape index (κ3) is 2.25. The van der Waals surface area contributed by atoms with E-state index in [1.807, 2.05) is 13.8 Å². The fraction of sp³-hybridized carbons (Fsp3) is 0.500. The third-order valence-electron chi connectivity index (χ3n) is 3.50. The van der Waals surface area contributed by atoms with E-state index in [-0.39, 0.29) is 23.8 Å². The van der Waals surface area contributed by atoms with Crippen molar-refractivity contribution in [1.82, 2.24) is 4.90 Å². The van der Waals surface area contributed by atoms with Crippen LogP contribution >= 0.6 is 0 Å². The zero-order valence-electron chi connectivity index (χ0n) is 10.8. The van der Waals surface area contributed by atoms with Gasteiger partial charge in [0.05, 0.1) is 6.04 Å². The largest absolute Gasteiger partial charge is 0.334 e. The zero-order chi connectivity index (χ0) is 13.3. The van der Waals surface area contributed by atoms with E-state index in [4.69, 9.17) is 5.73 Å². The van der Waals surface area contributed by atoms with Crippen molar-refractivity contribution in [3.63, 3.8) is 0 Å². The number of hydrogen-bond donors (Lipinski definition) is 1. The van der Waals surface area contributed by atoms with Crippen molar-refractivity contribution >= 4 is 5.91 Å². The van der Waals surface area contributed by atoms with Crippen molar-refractivity contribution in [3.8, 4) is 0 Å². The normalized spacial score (nSPS) is 23.8. The van der Waals surface area contributed by atoms with Crippen LogP contribution in [0.2, 0.25) is 0 Å². The summed E-state index contributed by atoms with van der Waals surface area (Å²) in [7, 11) is 0. The third-order valence-corrected chi connectivity index (χ3v) is 3.50. The zero-order valence-corrected chi connectivity index (χ0v) is 10.8. The predicted molar refractivity (Wildman–Crippen MR) is 68.5 cm³/mol. The Balaban J connectivity index is 2.40. The minimum absolute atomic E-state index is 0.0676. The summed E-state index contributed by atoms with van der Waals surface area (Å²) in [6, 6.07) is 4.24. The average molecular weight is 250 g/mol. The summed E-state index contributed by atoms with van der Waals surface area (Å²) >= 11 is 0. The van der Waals surface area contributed by atoms with Gasteiger partial charge in [-0.15, -0.1) is 0 Å². The highest BCUT2D eigenvalue weighted by atomic mass is 19.1. The van der Waals surface area contributed by atoms with E-state index in [0.29, 0.717) is 13.0 Å². The summed E-state index contributed by atoms with van der Waals surface area (Å²) in [5, 5.41) is 0. The van der Waals surface area contributed by atoms with E-state index in [1.165, 1.54) is 12.1 Å². The lowest BCUT2D eigenvalue weighted by atomic mass is 9.96. The number of nitrogens with two attached hydrogens (primary N) is 1. The van der Waals surface area contributed by atoms with Crippen molar-refractivity contribution < 1.29 is 9.18 Å². The summed E-state index contributed by atoms with van der Waals surface area (Å²) in [5.41, 5.74) is 7.87. The van der Waals surface area contributed by atoms with Gasteiger partial charge in [-0.1, -0.05) is 13.0 Å². The van der Waals surface area contributed by atoms with Gasteiger partial charge in [-0.2, -0.15) is 0 Å². The first-order valence-electron chi connectivity index (χ1n) is 6.35. The molecule has 18 heavy (non-hydrogen) atoms. The number of halogens is 1. The molecule has 0 spiro atoms. The number of carbonyl (C=O) groups excluding carboxylic acids is 1. The number of carbonyl (C=O) groups is 1. The second kappa shape index (κ2) is 5.06. The highest BCUT2D eigenvalue weighted by molar-refractivity contribution is 5.80. The lowest BCUT2D eigenvalue weighted by Gasteiger charge is -2.28. The molecule has 0 radical (unpaired) electrons. The van der Waals surface area contributed by atoms with Crippen LogP contribution in [0.5, 0.6) is 0 Å².